The van der Waals surface area contributed by atoms with Crippen molar-refractivity contribution in [3.8, 4) is 23.3 Å². The molecule has 0 radical (unpaired) electrons. The third kappa shape index (κ3) is 2.20. The zero-order chi connectivity index (χ0) is 13.1. The maximum Gasteiger partial charge on any atom is 0.0999 e. The van der Waals surface area contributed by atoms with E-state index in [1.54, 1.807) is 30.3 Å². The van der Waals surface area contributed by atoms with Gasteiger partial charge in [0.25, 0.3) is 0 Å². The second kappa shape index (κ2) is 4.91. The number of nitrogen functional groups attached to an aromatic ring is 1. The number of nitrogens with zero attached hydrogens (tertiary/aromatic N) is 2. The van der Waals surface area contributed by atoms with Gasteiger partial charge >= 0.3 is 0 Å². The standard InChI is InChI=1S/C14H8BrN3/c15-12-5-11(8-17)14(13(18)6-12)10-3-1-2-9(4-10)7-16/h1-6H,18H2. The van der Waals surface area contributed by atoms with E-state index in [2.05, 4.69) is 28.1 Å². The number of nitrogens with two attached hydrogens (primary N) is 1. The lowest BCUT2D eigenvalue weighted by Gasteiger charge is -2.09. The summed E-state index contributed by atoms with van der Waals surface area (Å²) in [6.45, 7) is 0. The molecule has 0 unspecified atom stereocenters. The van der Waals surface area contributed by atoms with Crippen molar-refractivity contribution in [1.82, 2.24) is 0 Å². The zero-order valence-electron chi connectivity index (χ0n) is 9.31. The molecule has 0 amide bonds. The lowest BCUT2D eigenvalue weighted by molar-refractivity contribution is 1.45. The van der Waals surface area contributed by atoms with E-state index >= 15 is 0 Å². The van der Waals surface area contributed by atoms with Crippen molar-refractivity contribution < 1.29 is 0 Å². The van der Waals surface area contributed by atoms with Gasteiger partial charge in [0.05, 0.1) is 23.3 Å². The molecule has 0 aromatic heterocycles. The molecule has 2 aromatic rings. The Bertz CT molecular complexity index is 693. The molecule has 0 fully saturated rings. The predicted octanol–water partition coefficient (Wildman–Crippen LogP) is 3.44. The second-order valence-corrected chi connectivity index (χ2v) is 4.64. The van der Waals surface area contributed by atoms with Gasteiger partial charge in [-0.15, -0.1) is 0 Å². The van der Waals surface area contributed by atoms with E-state index in [0.717, 1.165) is 10.0 Å². The fourth-order valence-corrected chi connectivity index (χ4v) is 2.26. The lowest BCUT2D eigenvalue weighted by atomic mass is 9.97. The van der Waals surface area contributed by atoms with Crippen molar-refractivity contribution in [2.24, 2.45) is 0 Å². The van der Waals surface area contributed by atoms with Gasteiger partial charge < -0.3 is 5.73 Å². The van der Waals surface area contributed by atoms with Crippen LogP contribution in [0.3, 0.4) is 0 Å². The second-order valence-electron chi connectivity index (χ2n) is 3.72. The van der Waals surface area contributed by atoms with Gasteiger partial charge in [0.15, 0.2) is 0 Å². The Kier molecular flexibility index (Phi) is 3.32. The van der Waals surface area contributed by atoms with E-state index in [4.69, 9.17) is 16.3 Å². The van der Waals surface area contributed by atoms with Crippen molar-refractivity contribution in [3.63, 3.8) is 0 Å². The molecule has 4 heteroatoms. The Balaban J connectivity index is 2.71. The molecule has 0 aliphatic carbocycles. The molecule has 0 spiro atoms. The Morgan fingerprint density at radius 2 is 1.83 bits per heavy atom. The number of halogens is 1. The maximum atomic E-state index is 9.16. The Labute approximate surface area is 113 Å². The van der Waals surface area contributed by atoms with Gasteiger partial charge in [0.2, 0.25) is 0 Å². The number of rotatable bonds is 1. The molecule has 86 valence electrons. The van der Waals surface area contributed by atoms with E-state index in [9.17, 15) is 0 Å². The first-order valence-electron chi connectivity index (χ1n) is 5.15. The highest BCUT2D eigenvalue weighted by atomic mass is 79.9. The highest BCUT2D eigenvalue weighted by molar-refractivity contribution is 9.10. The molecule has 2 rings (SSSR count). The maximum absolute atomic E-state index is 9.16. The van der Waals surface area contributed by atoms with Crippen LogP contribution in [0.2, 0.25) is 0 Å². The molecule has 2 N–H and O–H groups in total. The first-order valence-corrected chi connectivity index (χ1v) is 5.94. The monoisotopic (exact) mass is 297 g/mol. The van der Waals surface area contributed by atoms with E-state index in [1.807, 2.05) is 6.07 Å². The lowest BCUT2D eigenvalue weighted by Crippen LogP contribution is -1.94. The predicted molar refractivity (Wildman–Crippen MR) is 73.4 cm³/mol. The number of hydrogen-bond donors (Lipinski definition) is 1. The Morgan fingerprint density at radius 3 is 2.50 bits per heavy atom. The number of benzene rings is 2. The molecular weight excluding hydrogens is 290 g/mol. The summed E-state index contributed by atoms with van der Waals surface area (Å²) in [5, 5.41) is 18.1. The van der Waals surface area contributed by atoms with Crippen LogP contribution < -0.4 is 5.73 Å². The summed E-state index contributed by atoms with van der Waals surface area (Å²) in [5.74, 6) is 0. The van der Waals surface area contributed by atoms with Gasteiger partial charge in [-0.3, -0.25) is 0 Å². The molecule has 0 bridgehead atoms. The van der Waals surface area contributed by atoms with Crippen molar-refractivity contribution in [2.75, 3.05) is 5.73 Å². The average Bonchev–Trinajstić information content (AvgIpc) is 2.37. The quantitative estimate of drug-likeness (QED) is 0.819. The van der Waals surface area contributed by atoms with Crippen LogP contribution in [0.25, 0.3) is 11.1 Å². The van der Waals surface area contributed by atoms with Gasteiger partial charge in [-0.05, 0) is 29.8 Å². The van der Waals surface area contributed by atoms with Gasteiger partial charge in [-0.1, -0.05) is 28.1 Å². The molecule has 0 atom stereocenters. The van der Waals surface area contributed by atoms with Crippen LogP contribution in [0, 0.1) is 22.7 Å². The van der Waals surface area contributed by atoms with Crippen LogP contribution in [0.4, 0.5) is 5.69 Å². The summed E-state index contributed by atoms with van der Waals surface area (Å²) >= 11 is 3.31. The van der Waals surface area contributed by atoms with Crippen LogP contribution >= 0.6 is 15.9 Å². The van der Waals surface area contributed by atoms with Crippen LogP contribution in [-0.4, -0.2) is 0 Å². The van der Waals surface area contributed by atoms with Crippen LogP contribution in [0.1, 0.15) is 11.1 Å². The number of nitriles is 2. The van der Waals surface area contributed by atoms with Crippen LogP contribution in [0.5, 0.6) is 0 Å². The molecule has 2 aromatic carbocycles. The smallest absolute Gasteiger partial charge is 0.0999 e. The van der Waals surface area contributed by atoms with Gasteiger partial charge in [0.1, 0.15) is 0 Å². The minimum Gasteiger partial charge on any atom is -0.398 e. The van der Waals surface area contributed by atoms with Crippen molar-refractivity contribution >= 4 is 21.6 Å². The summed E-state index contributed by atoms with van der Waals surface area (Å²) in [6.07, 6.45) is 0. The molecule has 0 saturated carbocycles. The zero-order valence-corrected chi connectivity index (χ0v) is 10.9. The largest absolute Gasteiger partial charge is 0.398 e. The fourth-order valence-electron chi connectivity index (χ4n) is 1.78. The van der Waals surface area contributed by atoms with E-state index in [1.165, 1.54) is 0 Å². The average molecular weight is 298 g/mol. The summed E-state index contributed by atoms with van der Waals surface area (Å²) in [6, 6.07) is 14.7. The summed E-state index contributed by atoms with van der Waals surface area (Å²) < 4.78 is 0.761. The molecule has 3 nitrogen and oxygen atoms in total. The first-order chi connectivity index (χ1) is 8.65. The van der Waals surface area contributed by atoms with Crippen LogP contribution in [0.15, 0.2) is 40.9 Å². The van der Waals surface area contributed by atoms with Crippen molar-refractivity contribution in [3.05, 3.63) is 52.0 Å². The molecule has 0 aliphatic heterocycles. The van der Waals surface area contributed by atoms with Crippen molar-refractivity contribution in [1.29, 1.82) is 10.5 Å². The summed E-state index contributed by atoms with van der Waals surface area (Å²) in [7, 11) is 0. The SMILES string of the molecule is N#Cc1cccc(-c2c(N)cc(Br)cc2C#N)c1. The number of hydrogen-bond acceptors (Lipinski definition) is 3. The van der Waals surface area contributed by atoms with Gasteiger partial charge in [-0.2, -0.15) is 10.5 Å². The first kappa shape index (κ1) is 12.2. The molecule has 0 aliphatic rings. The minimum absolute atomic E-state index is 0.483. The molecule has 0 saturated heterocycles. The summed E-state index contributed by atoms with van der Waals surface area (Å²) in [5.41, 5.74) is 8.93. The topological polar surface area (TPSA) is 73.6 Å². The van der Waals surface area contributed by atoms with Gasteiger partial charge in [-0.25, -0.2) is 0 Å². The minimum atomic E-state index is 0.483. The van der Waals surface area contributed by atoms with Crippen LogP contribution in [-0.2, 0) is 0 Å². The third-order valence-electron chi connectivity index (χ3n) is 2.53. The van der Waals surface area contributed by atoms with E-state index in [0.29, 0.717) is 22.4 Å². The van der Waals surface area contributed by atoms with E-state index < -0.39 is 0 Å². The highest BCUT2D eigenvalue weighted by Crippen LogP contribution is 2.32. The Morgan fingerprint density at radius 1 is 1.06 bits per heavy atom. The normalized spacial score (nSPS) is 9.50. The Hall–Kier alpha value is -2.30. The number of anilines is 1. The third-order valence-corrected chi connectivity index (χ3v) is 2.99. The van der Waals surface area contributed by atoms with E-state index in [-0.39, 0.29) is 0 Å². The fraction of sp³-hybridized carbons (Fsp3) is 0. The highest BCUT2D eigenvalue weighted by Gasteiger charge is 2.10. The molecule has 0 heterocycles. The van der Waals surface area contributed by atoms with Crippen molar-refractivity contribution in [2.45, 2.75) is 0 Å². The molecule has 18 heavy (non-hydrogen) atoms. The molecular formula is C14H8BrN3. The summed E-state index contributed by atoms with van der Waals surface area (Å²) in [4.78, 5) is 0. The van der Waals surface area contributed by atoms with Gasteiger partial charge in [0, 0.05) is 15.7 Å².